The molecule has 0 aliphatic carbocycles. The summed E-state index contributed by atoms with van der Waals surface area (Å²) in [7, 11) is 0. The number of morpholine rings is 1. The van der Waals surface area contributed by atoms with Gasteiger partial charge in [0, 0.05) is 78.0 Å². The number of piperazine rings is 1. The Labute approximate surface area is 267 Å². The predicted octanol–water partition coefficient (Wildman–Crippen LogP) is 5.26. The molecule has 238 valence electrons. The van der Waals surface area contributed by atoms with E-state index in [0.29, 0.717) is 77.7 Å². The maximum atomic E-state index is 15.2. The van der Waals surface area contributed by atoms with E-state index in [2.05, 4.69) is 16.5 Å². The minimum Gasteiger partial charge on any atom is -0.375 e. The van der Waals surface area contributed by atoms with E-state index in [1.165, 1.54) is 17.8 Å². The van der Waals surface area contributed by atoms with Crippen LogP contribution < -0.4 is 10.6 Å². The van der Waals surface area contributed by atoms with Gasteiger partial charge in [-0.05, 0) is 44.9 Å². The molecule has 1 amide bonds. The van der Waals surface area contributed by atoms with Gasteiger partial charge in [-0.25, -0.2) is 18.0 Å². The molecule has 0 radical (unpaired) electrons. The van der Waals surface area contributed by atoms with Gasteiger partial charge in [-0.3, -0.25) is 14.3 Å². The average molecular weight is 660 g/mol. The van der Waals surface area contributed by atoms with Gasteiger partial charge >= 0.3 is 5.69 Å². The fourth-order valence-electron chi connectivity index (χ4n) is 7.39. The van der Waals surface area contributed by atoms with E-state index in [1.54, 1.807) is 15.5 Å². The van der Waals surface area contributed by atoms with Gasteiger partial charge in [-0.15, -0.1) is 11.8 Å². The Bertz CT molecular complexity index is 1750. The normalized spacial score (nSPS) is 24.6. The number of anilines is 1. The van der Waals surface area contributed by atoms with Crippen LogP contribution in [0.2, 0.25) is 5.02 Å². The van der Waals surface area contributed by atoms with E-state index in [4.69, 9.17) is 16.3 Å². The van der Waals surface area contributed by atoms with Gasteiger partial charge in [0.1, 0.15) is 23.3 Å². The topological polar surface area (TPSA) is 70.9 Å². The predicted molar refractivity (Wildman–Crippen MR) is 169 cm³/mol. The Morgan fingerprint density at radius 1 is 1.18 bits per heavy atom. The molecule has 3 saturated heterocycles. The number of aromatic nitrogens is 2. The first-order valence-electron chi connectivity index (χ1n) is 15.2. The molecule has 2 aromatic carbocycles. The van der Waals surface area contributed by atoms with E-state index < -0.39 is 28.7 Å². The first-order valence-corrected chi connectivity index (χ1v) is 16.6. The maximum absolute atomic E-state index is 15.2. The number of hydrogen-bond acceptors (Lipinski definition) is 7. The maximum Gasteiger partial charge on any atom is 0.350 e. The van der Waals surface area contributed by atoms with Crippen LogP contribution in [0.25, 0.3) is 22.0 Å². The van der Waals surface area contributed by atoms with Gasteiger partial charge in [-0.1, -0.05) is 18.2 Å². The van der Waals surface area contributed by atoms with Crippen LogP contribution in [-0.4, -0.2) is 88.5 Å². The number of carbonyl (C=O) groups excluding carboxylic acids is 1. The lowest BCUT2D eigenvalue weighted by Gasteiger charge is -2.41. The number of likely N-dealkylation sites (tertiary alicyclic amines) is 1. The van der Waals surface area contributed by atoms with Crippen LogP contribution in [0.4, 0.5) is 19.0 Å². The number of rotatable bonds is 7. The Morgan fingerprint density at radius 3 is 2.62 bits per heavy atom. The van der Waals surface area contributed by atoms with Crippen molar-refractivity contribution in [1.82, 2.24) is 19.4 Å². The van der Waals surface area contributed by atoms with Gasteiger partial charge in [0.2, 0.25) is 5.91 Å². The summed E-state index contributed by atoms with van der Waals surface area (Å²) in [5.41, 5.74) is -0.282. The SMILES string of the molecule is C=CC(=O)N1CCN(c2nc(=O)n3c4c(c(-c5c(F)cc(F)cc5F)c(Cl)cc24)SC[C@H]3CCCN2C[C@@H]3C[C@H]2CO3)[C@@H](C)C1. The number of carbonyl (C=O) groups is 1. The third-order valence-electron chi connectivity index (χ3n) is 9.52. The molecule has 7 rings (SSSR count). The van der Waals surface area contributed by atoms with Gasteiger partial charge in [-0.2, -0.15) is 4.98 Å². The first-order chi connectivity index (χ1) is 21.6. The number of thioether (sulfide) groups is 1. The fourth-order valence-corrected chi connectivity index (χ4v) is 9.12. The molecular formula is C32H33ClF3N5O3S. The van der Waals surface area contributed by atoms with Crippen LogP contribution in [0.1, 0.15) is 32.2 Å². The Kier molecular flexibility index (Phi) is 8.12. The molecular weight excluding hydrogens is 627 g/mol. The lowest BCUT2D eigenvalue weighted by atomic mass is 10.0. The number of halogens is 4. The summed E-state index contributed by atoms with van der Waals surface area (Å²) >= 11 is 8.22. The lowest BCUT2D eigenvalue weighted by molar-refractivity contribution is -0.126. The average Bonchev–Trinajstić information content (AvgIpc) is 3.63. The number of nitrogens with zero attached hydrogens (tertiary/aromatic N) is 5. The van der Waals surface area contributed by atoms with Crippen molar-refractivity contribution in [3.8, 4) is 11.1 Å². The molecule has 4 aliphatic rings. The van der Waals surface area contributed by atoms with Crippen molar-refractivity contribution in [2.24, 2.45) is 0 Å². The highest BCUT2D eigenvalue weighted by molar-refractivity contribution is 7.99. The molecule has 0 spiro atoms. The van der Waals surface area contributed by atoms with Crippen molar-refractivity contribution in [3.63, 3.8) is 0 Å². The number of fused-ring (bicyclic) bond motifs is 2. The zero-order chi connectivity index (χ0) is 31.6. The highest BCUT2D eigenvalue weighted by Crippen LogP contribution is 2.49. The van der Waals surface area contributed by atoms with Gasteiger partial charge < -0.3 is 14.5 Å². The summed E-state index contributed by atoms with van der Waals surface area (Å²) in [5, 5.41) is 0.656. The fraction of sp³-hybridized carbons (Fsp3) is 0.469. The van der Waals surface area contributed by atoms with Crippen molar-refractivity contribution in [2.45, 2.75) is 55.3 Å². The molecule has 3 aromatic rings. The van der Waals surface area contributed by atoms with Gasteiger partial charge in [0.05, 0.1) is 28.8 Å². The molecule has 0 saturated carbocycles. The number of ether oxygens (including phenoxy) is 1. The van der Waals surface area contributed by atoms with Crippen molar-refractivity contribution in [2.75, 3.05) is 50.0 Å². The molecule has 0 unspecified atom stereocenters. The number of benzene rings is 2. The van der Waals surface area contributed by atoms with Crippen LogP contribution in [0.3, 0.4) is 0 Å². The molecule has 13 heteroatoms. The molecule has 5 heterocycles. The largest absolute Gasteiger partial charge is 0.375 e. The highest BCUT2D eigenvalue weighted by atomic mass is 35.5. The van der Waals surface area contributed by atoms with E-state index in [-0.39, 0.29) is 28.6 Å². The van der Waals surface area contributed by atoms with Gasteiger partial charge in [0.25, 0.3) is 0 Å². The zero-order valence-electron chi connectivity index (χ0n) is 24.8. The third kappa shape index (κ3) is 5.33. The van der Waals surface area contributed by atoms with Crippen LogP contribution in [0.15, 0.2) is 40.5 Å². The van der Waals surface area contributed by atoms with E-state index in [0.717, 1.165) is 32.5 Å². The number of hydrogen-bond donors (Lipinski definition) is 0. The molecule has 4 atom stereocenters. The summed E-state index contributed by atoms with van der Waals surface area (Å²) in [6, 6.07) is 2.93. The summed E-state index contributed by atoms with van der Waals surface area (Å²) in [6.45, 7) is 9.34. The summed E-state index contributed by atoms with van der Waals surface area (Å²) in [5.74, 6) is -2.46. The monoisotopic (exact) mass is 659 g/mol. The summed E-state index contributed by atoms with van der Waals surface area (Å²) in [4.78, 5) is 37.4. The molecule has 4 aliphatic heterocycles. The lowest BCUT2D eigenvalue weighted by Crippen LogP contribution is -2.54. The Morgan fingerprint density at radius 2 is 1.96 bits per heavy atom. The van der Waals surface area contributed by atoms with Crippen molar-refractivity contribution < 1.29 is 22.7 Å². The van der Waals surface area contributed by atoms with Crippen molar-refractivity contribution in [3.05, 3.63) is 63.8 Å². The van der Waals surface area contributed by atoms with E-state index >= 15 is 8.78 Å². The van der Waals surface area contributed by atoms with E-state index in [9.17, 15) is 14.0 Å². The van der Waals surface area contributed by atoms with Crippen LogP contribution in [-0.2, 0) is 9.53 Å². The third-order valence-corrected chi connectivity index (χ3v) is 11.1. The quantitative estimate of drug-likeness (QED) is 0.321. The number of amides is 1. The zero-order valence-corrected chi connectivity index (χ0v) is 26.4. The summed E-state index contributed by atoms with van der Waals surface area (Å²) in [6.07, 6.45) is 4.22. The second-order valence-corrected chi connectivity index (χ2v) is 13.7. The highest BCUT2D eigenvalue weighted by Gasteiger charge is 2.39. The molecule has 3 fully saturated rings. The van der Waals surface area contributed by atoms with E-state index in [1.807, 2.05) is 11.8 Å². The molecule has 45 heavy (non-hydrogen) atoms. The molecule has 1 aromatic heterocycles. The molecule has 8 nitrogen and oxygen atoms in total. The standard InChI is InChI=1S/C32H33ClF3N5O3S/c1-3-26(42)39-7-8-40(17(2)13-39)31-22-12-23(33)27(28-24(35)9-18(34)10-25(28)36)30-29(22)41(32(43)37-31)19(16-45-30)5-4-6-38-14-21-11-20(38)15-44-21/h3,9-10,12,17,19-21H,1,4-8,11,13-16H2,2H3/t17-,19+,20-,21-/m0/s1. The summed E-state index contributed by atoms with van der Waals surface area (Å²) < 4.78 is 51.7. The van der Waals surface area contributed by atoms with Crippen molar-refractivity contribution >= 4 is 46.0 Å². The van der Waals surface area contributed by atoms with Crippen LogP contribution in [0.5, 0.6) is 0 Å². The smallest absolute Gasteiger partial charge is 0.350 e. The molecule has 0 N–H and O–H groups in total. The Hall–Kier alpha value is -3.06. The molecule has 2 bridgehead atoms. The van der Waals surface area contributed by atoms with Gasteiger partial charge in [0.15, 0.2) is 0 Å². The minimum atomic E-state index is -1.07. The second-order valence-electron chi connectivity index (χ2n) is 12.3. The van der Waals surface area contributed by atoms with Crippen LogP contribution in [0, 0.1) is 17.5 Å². The first kappa shape index (κ1) is 30.6. The Balaban J connectivity index is 1.32. The second kappa shape index (κ2) is 11.9. The minimum absolute atomic E-state index is 0.0699. The van der Waals surface area contributed by atoms with Crippen LogP contribution >= 0.6 is 23.4 Å². The van der Waals surface area contributed by atoms with Crippen molar-refractivity contribution in [1.29, 1.82) is 0 Å².